The molecule has 2 unspecified atom stereocenters. The lowest BCUT2D eigenvalue weighted by atomic mass is 9.88. The monoisotopic (exact) mass is 867 g/mol. The highest BCUT2D eigenvalue weighted by Gasteiger charge is 2.34. The molecule has 1 aliphatic carbocycles. The summed E-state index contributed by atoms with van der Waals surface area (Å²) in [4.78, 5) is 0. The maximum absolute atomic E-state index is 10.8. The standard InChI is InChI=1S/C59H94O4/c1-44(2)24-15-25-45(3)26-16-27-46(4)28-17-29-47(5)30-18-31-48(6)32-19-33-49(7)34-20-35-50(8)36-21-37-51(9)38-22-39-52(10)40-23-41-53(11)42-43-55-54(12)56(60)58(62-13)59(63-14)57(55)61/h24,26,28,30,32,34,36,38,40,42,56-57,60-61H,15-23,25,27,29,31,33,35,37,39,41,43H2,1-14H3. The van der Waals surface area contributed by atoms with Gasteiger partial charge in [0.05, 0.1) is 14.2 Å². The minimum Gasteiger partial charge on any atom is -0.494 e. The summed E-state index contributed by atoms with van der Waals surface area (Å²) in [5, 5.41) is 21.5. The molecule has 0 aromatic rings. The van der Waals surface area contributed by atoms with E-state index >= 15 is 0 Å². The molecule has 354 valence electrons. The van der Waals surface area contributed by atoms with Crippen molar-refractivity contribution in [1.29, 1.82) is 0 Å². The van der Waals surface area contributed by atoms with Crippen molar-refractivity contribution >= 4 is 0 Å². The Morgan fingerprint density at radius 3 is 0.825 bits per heavy atom. The van der Waals surface area contributed by atoms with E-state index in [9.17, 15) is 10.2 Å². The van der Waals surface area contributed by atoms with Crippen molar-refractivity contribution in [3.05, 3.63) is 139 Å². The molecule has 0 bridgehead atoms. The third-order valence-corrected chi connectivity index (χ3v) is 12.4. The van der Waals surface area contributed by atoms with Gasteiger partial charge in [-0.25, -0.2) is 0 Å². The molecule has 0 heterocycles. The first-order chi connectivity index (χ1) is 30.0. The van der Waals surface area contributed by atoms with Crippen molar-refractivity contribution in [3.63, 3.8) is 0 Å². The zero-order chi connectivity index (χ0) is 47.2. The van der Waals surface area contributed by atoms with Crippen LogP contribution in [0.5, 0.6) is 0 Å². The molecule has 1 aliphatic rings. The Labute approximate surface area is 388 Å². The van der Waals surface area contributed by atoms with Crippen LogP contribution in [0.2, 0.25) is 0 Å². The topological polar surface area (TPSA) is 58.9 Å². The van der Waals surface area contributed by atoms with Crippen LogP contribution in [0, 0.1) is 0 Å². The number of hydrogen-bond acceptors (Lipinski definition) is 4. The van der Waals surface area contributed by atoms with Crippen molar-refractivity contribution < 1.29 is 19.7 Å². The molecule has 63 heavy (non-hydrogen) atoms. The number of aliphatic hydroxyl groups excluding tert-OH is 2. The summed E-state index contributed by atoms with van der Waals surface area (Å²) in [5.41, 5.74) is 16.2. The van der Waals surface area contributed by atoms with Crippen LogP contribution >= 0.6 is 0 Å². The third-order valence-electron chi connectivity index (χ3n) is 12.4. The van der Waals surface area contributed by atoms with E-state index in [1.807, 2.05) is 6.92 Å². The molecular formula is C59H94O4. The fourth-order valence-electron chi connectivity index (χ4n) is 7.87. The van der Waals surface area contributed by atoms with E-state index in [4.69, 9.17) is 9.47 Å². The van der Waals surface area contributed by atoms with Crippen molar-refractivity contribution in [2.45, 2.75) is 217 Å². The van der Waals surface area contributed by atoms with Gasteiger partial charge in [0.1, 0.15) is 12.2 Å². The molecular weight excluding hydrogens is 773 g/mol. The molecule has 0 aliphatic heterocycles. The molecule has 0 aromatic heterocycles. The van der Waals surface area contributed by atoms with Gasteiger partial charge in [0.15, 0.2) is 11.5 Å². The van der Waals surface area contributed by atoms with Crippen LogP contribution in [0.1, 0.15) is 205 Å². The normalized spacial score (nSPS) is 18.2. The first-order valence-electron chi connectivity index (χ1n) is 24.4. The smallest absolute Gasteiger partial charge is 0.169 e. The van der Waals surface area contributed by atoms with Crippen LogP contribution in [0.4, 0.5) is 0 Å². The quantitative estimate of drug-likeness (QED) is 0.0682. The van der Waals surface area contributed by atoms with Crippen LogP contribution in [-0.4, -0.2) is 36.6 Å². The van der Waals surface area contributed by atoms with Crippen LogP contribution in [-0.2, 0) is 9.47 Å². The lowest BCUT2D eigenvalue weighted by Crippen LogP contribution is -2.31. The van der Waals surface area contributed by atoms with Crippen molar-refractivity contribution in [2.75, 3.05) is 14.2 Å². The van der Waals surface area contributed by atoms with Gasteiger partial charge in [0, 0.05) is 0 Å². The molecule has 0 amide bonds. The third kappa shape index (κ3) is 26.7. The minimum atomic E-state index is -0.904. The maximum Gasteiger partial charge on any atom is 0.169 e. The van der Waals surface area contributed by atoms with E-state index in [-0.39, 0.29) is 11.5 Å². The highest BCUT2D eigenvalue weighted by atomic mass is 16.5. The summed E-state index contributed by atoms with van der Waals surface area (Å²) < 4.78 is 10.7. The van der Waals surface area contributed by atoms with E-state index in [2.05, 4.69) is 137 Å². The van der Waals surface area contributed by atoms with Gasteiger partial charge in [0.2, 0.25) is 0 Å². The Hall–Kier alpha value is -3.60. The lowest BCUT2D eigenvalue weighted by molar-refractivity contribution is 0.0794. The molecule has 4 heteroatoms. The highest BCUT2D eigenvalue weighted by Crippen LogP contribution is 2.34. The fourth-order valence-corrected chi connectivity index (χ4v) is 7.87. The summed E-state index contributed by atoms with van der Waals surface area (Å²) in [6, 6.07) is 0. The number of rotatable bonds is 31. The lowest BCUT2D eigenvalue weighted by Gasteiger charge is -2.30. The second kappa shape index (κ2) is 33.8. The molecule has 0 spiro atoms. The summed E-state index contributed by atoms with van der Waals surface area (Å²) in [7, 11) is 2.98. The highest BCUT2D eigenvalue weighted by molar-refractivity contribution is 5.39. The van der Waals surface area contributed by atoms with Crippen molar-refractivity contribution in [2.24, 2.45) is 0 Å². The van der Waals surface area contributed by atoms with E-state index in [1.54, 1.807) is 0 Å². The Bertz CT molecular complexity index is 1750. The number of allylic oxidation sites excluding steroid dienone is 20. The van der Waals surface area contributed by atoms with Crippen LogP contribution in [0.25, 0.3) is 0 Å². The van der Waals surface area contributed by atoms with Crippen molar-refractivity contribution in [3.8, 4) is 0 Å². The minimum absolute atomic E-state index is 0.282. The molecule has 0 saturated heterocycles. The maximum atomic E-state index is 10.8. The van der Waals surface area contributed by atoms with Gasteiger partial charge in [0.25, 0.3) is 0 Å². The molecule has 2 atom stereocenters. The molecule has 2 N–H and O–H groups in total. The Morgan fingerprint density at radius 1 is 0.365 bits per heavy atom. The van der Waals surface area contributed by atoms with Gasteiger partial charge < -0.3 is 19.7 Å². The van der Waals surface area contributed by atoms with E-state index < -0.39 is 12.2 Å². The molecule has 0 saturated carbocycles. The number of methoxy groups -OCH3 is 2. The van der Waals surface area contributed by atoms with Gasteiger partial charge in [-0.2, -0.15) is 0 Å². The first kappa shape index (κ1) is 57.4. The first-order valence-corrected chi connectivity index (χ1v) is 24.4. The largest absolute Gasteiger partial charge is 0.494 e. The summed E-state index contributed by atoms with van der Waals surface area (Å²) in [6.07, 6.45) is 43.0. The summed E-state index contributed by atoms with van der Waals surface area (Å²) in [5.74, 6) is 0.569. The van der Waals surface area contributed by atoms with Gasteiger partial charge >= 0.3 is 0 Å². The Kier molecular flexibility index (Phi) is 30.8. The molecule has 0 fully saturated rings. The zero-order valence-electron chi connectivity index (χ0n) is 43.1. The predicted molar refractivity (Wildman–Crippen MR) is 277 cm³/mol. The van der Waals surface area contributed by atoms with E-state index in [1.165, 1.54) is 89.2 Å². The second-order valence-electron chi connectivity index (χ2n) is 18.9. The van der Waals surface area contributed by atoms with Gasteiger partial charge in [-0.1, -0.05) is 116 Å². The van der Waals surface area contributed by atoms with E-state index in [0.29, 0.717) is 6.42 Å². The van der Waals surface area contributed by atoms with Crippen LogP contribution < -0.4 is 0 Å². The average molecular weight is 867 g/mol. The van der Waals surface area contributed by atoms with Gasteiger partial charge in [-0.05, 0) is 216 Å². The SMILES string of the molecule is COC1=C(OC)C(O)C(CC=C(C)CCC=C(C)CCC=C(C)CCC=C(C)CCC=C(C)CCC=C(C)CCC=C(C)CCC=C(C)CCC=C(C)CCC=C(C)C)=C(C)C1O. The zero-order valence-corrected chi connectivity index (χ0v) is 43.1. The average Bonchev–Trinajstić information content (AvgIpc) is 3.21. The van der Waals surface area contributed by atoms with Crippen LogP contribution in [0.15, 0.2) is 139 Å². The Morgan fingerprint density at radius 2 is 0.587 bits per heavy atom. The van der Waals surface area contributed by atoms with Crippen molar-refractivity contribution in [1.82, 2.24) is 0 Å². The molecule has 1 rings (SSSR count). The molecule has 0 aromatic carbocycles. The van der Waals surface area contributed by atoms with Gasteiger partial charge in [-0.3, -0.25) is 0 Å². The fraction of sp³-hybridized carbons (Fsp3) is 0.593. The Balaban J connectivity index is 2.30. The number of aliphatic hydroxyl groups is 2. The molecule has 4 nitrogen and oxygen atoms in total. The predicted octanol–water partition coefficient (Wildman–Crippen LogP) is 17.4. The summed E-state index contributed by atoms with van der Waals surface area (Å²) >= 11 is 0. The van der Waals surface area contributed by atoms with Gasteiger partial charge in [-0.15, -0.1) is 0 Å². The summed E-state index contributed by atoms with van der Waals surface area (Å²) in [6.45, 7) is 26.6. The second-order valence-corrected chi connectivity index (χ2v) is 18.9. The number of ether oxygens (including phenoxy) is 2. The van der Waals surface area contributed by atoms with E-state index in [0.717, 1.165) is 107 Å². The molecule has 0 radical (unpaired) electrons. The van der Waals surface area contributed by atoms with Crippen LogP contribution in [0.3, 0.4) is 0 Å². The number of hydrogen-bond donors (Lipinski definition) is 2.